The fourth-order valence-electron chi connectivity index (χ4n) is 3.69. The van der Waals surface area contributed by atoms with Gasteiger partial charge in [-0.05, 0) is 43.2 Å². The highest BCUT2D eigenvalue weighted by Gasteiger charge is 2.43. The van der Waals surface area contributed by atoms with Crippen LogP contribution >= 0.6 is 0 Å². The summed E-state index contributed by atoms with van der Waals surface area (Å²) in [4.78, 5) is 12.4. The Kier molecular flexibility index (Phi) is 3.55. The van der Waals surface area contributed by atoms with Crippen LogP contribution < -0.4 is 14.8 Å². The number of carbonyl (C=O) groups excluding carboxylic acids is 1. The van der Waals surface area contributed by atoms with Crippen LogP contribution in [0, 0.1) is 17.8 Å². The van der Waals surface area contributed by atoms with Gasteiger partial charge in [-0.2, -0.15) is 0 Å². The molecule has 0 aromatic heterocycles. The summed E-state index contributed by atoms with van der Waals surface area (Å²) < 4.78 is 10.5. The molecular weight excluding hydrogens is 254 g/mol. The second-order valence-electron chi connectivity index (χ2n) is 5.84. The van der Waals surface area contributed by atoms with E-state index in [1.165, 1.54) is 19.3 Å². The summed E-state index contributed by atoms with van der Waals surface area (Å²) in [6.45, 7) is 0. The molecule has 108 valence electrons. The van der Waals surface area contributed by atoms with Gasteiger partial charge in [0.15, 0.2) is 0 Å². The van der Waals surface area contributed by atoms with Gasteiger partial charge >= 0.3 is 0 Å². The Hall–Kier alpha value is -1.71. The van der Waals surface area contributed by atoms with Crippen molar-refractivity contribution < 1.29 is 14.3 Å². The molecule has 2 aliphatic rings. The van der Waals surface area contributed by atoms with E-state index >= 15 is 0 Å². The quantitative estimate of drug-likeness (QED) is 0.918. The first-order valence-corrected chi connectivity index (χ1v) is 7.24. The zero-order valence-electron chi connectivity index (χ0n) is 12.0. The third kappa shape index (κ3) is 2.35. The molecule has 4 nitrogen and oxygen atoms in total. The van der Waals surface area contributed by atoms with E-state index in [1.54, 1.807) is 20.3 Å². The van der Waals surface area contributed by atoms with Gasteiger partial charge in [0, 0.05) is 12.0 Å². The molecule has 0 spiro atoms. The summed E-state index contributed by atoms with van der Waals surface area (Å²) in [5.74, 6) is 3.04. The summed E-state index contributed by atoms with van der Waals surface area (Å²) in [6, 6.07) is 5.46. The third-order valence-corrected chi connectivity index (χ3v) is 4.74. The Morgan fingerprint density at radius 1 is 1.20 bits per heavy atom. The number of ether oxygens (including phenoxy) is 2. The molecule has 1 amide bonds. The molecule has 2 bridgehead atoms. The lowest BCUT2D eigenvalue weighted by Gasteiger charge is -2.21. The maximum Gasteiger partial charge on any atom is 0.227 e. The highest BCUT2D eigenvalue weighted by Crippen LogP contribution is 2.48. The number of carbonyl (C=O) groups is 1. The molecule has 0 radical (unpaired) electrons. The van der Waals surface area contributed by atoms with Gasteiger partial charge in [-0.25, -0.2) is 0 Å². The first kappa shape index (κ1) is 13.3. The number of fused-ring (bicyclic) bond motifs is 2. The monoisotopic (exact) mass is 275 g/mol. The van der Waals surface area contributed by atoms with Crippen molar-refractivity contribution in [3.63, 3.8) is 0 Å². The number of hydrogen-bond donors (Lipinski definition) is 1. The summed E-state index contributed by atoms with van der Waals surface area (Å²) in [5.41, 5.74) is 0.723. The van der Waals surface area contributed by atoms with Gasteiger partial charge < -0.3 is 14.8 Å². The van der Waals surface area contributed by atoms with Crippen LogP contribution in [-0.2, 0) is 4.79 Å². The van der Waals surface area contributed by atoms with Crippen LogP contribution in [0.25, 0.3) is 0 Å². The predicted octanol–water partition coefficient (Wildman–Crippen LogP) is 3.08. The van der Waals surface area contributed by atoms with Crippen molar-refractivity contribution in [3.05, 3.63) is 18.2 Å². The number of anilines is 1. The zero-order valence-corrected chi connectivity index (χ0v) is 12.0. The van der Waals surface area contributed by atoms with E-state index in [0.29, 0.717) is 11.7 Å². The van der Waals surface area contributed by atoms with E-state index in [0.717, 1.165) is 23.8 Å². The lowest BCUT2D eigenvalue weighted by atomic mass is 9.88. The van der Waals surface area contributed by atoms with E-state index in [9.17, 15) is 4.79 Å². The SMILES string of the molecule is COc1ccc(NC(=O)[C@H]2C[C@H]3CC[C@H]2C3)c(OC)c1. The second-order valence-corrected chi connectivity index (χ2v) is 5.84. The second kappa shape index (κ2) is 5.35. The minimum absolute atomic E-state index is 0.140. The molecule has 0 aliphatic heterocycles. The van der Waals surface area contributed by atoms with Crippen LogP contribution in [0.1, 0.15) is 25.7 Å². The van der Waals surface area contributed by atoms with E-state index in [-0.39, 0.29) is 11.8 Å². The Bertz CT molecular complexity index is 514. The van der Waals surface area contributed by atoms with Crippen molar-refractivity contribution in [3.8, 4) is 11.5 Å². The highest BCUT2D eigenvalue weighted by atomic mass is 16.5. The highest BCUT2D eigenvalue weighted by molar-refractivity contribution is 5.94. The number of rotatable bonds is 4. The molecule has 2 fully saturated rings. The van der Waals surface area contributed by atoms with Gasteiger partial charge in [-0.1, -0.05) is 6.42 Å². The Balaban J connectivity index is 1.72. The van der Waals surface area contributed by atoms with Gasteiger partial charge in [0.1, 0.15) is 11.5 Å². The predicted molar refractivity (Wildman–Crippen MR) is 77.1 cm³/mol. The fourth-order valence-corrected chi connectivity index (χ4v) is 3.69. The van der Waals surface area contributed by atoms with E-state index < -0.39 is 0 Å². The van der Waals surface area contributed by atoms with Crippen LogP contribution in [0.3, 0.4) is 0 Å². The molecule has 4 heteroatoms. The zero-order chi connectivity index (χ0) is 14.1. The fraction of sp³-hybridized carbons (Fsp3) is 0.562. The normalized spacial score (nSPS) is 27.4. The molecule has 0 saturated heterocycles. The van der Waals surface area contributed by atoms with Crippen LogP contribution in [-0.4, -0.2) is 20.1 Å². The standard InChI is InChI=1S/C16H21NO3/c1-19-12-5-6-14(15(9-12)20-2)17-16(18)13-8-10-3-4-11(13)7-10/h5-6,9-11,13H,3-4,7-8H2,1-2H3,(H,17,18)/t10-,11-,13-/m0/s1. The van der Waals surface area contributed by atoms with E-state index in [2.05, 4.69) is 5.32 Å². The maximum absolute atomic E-state index is 12.4. The Morgan fingerprint density at radius 3 is 2.65 bits per heavy atom. The van der Waals surface area contributed by atoms with Crippen molar-refractivity contribution in [2.75, 3.05) is 19.5 Å². The minimum Gasteiger partial charge on any atom is -0.497 e. The number of benzene rings is 1. The molecular formula is C16H21NO3. The number of methoxy groups -OCH3 is 2. The molecule has 0 heterocycles. The minimum atomic E-state index is 0.140. The molecule has 0 unspecified atom stereocenters. The molecule has 1 N–H and O–H groups in total. The molecule has 3 atom stereocenters. The number of hydrogen-bond acceptors (Lipinski definition) is 3. The summed E-state index contributed by atoms with van der Waals surface area (Å²) in [7, 11) is 3.21. The average Bonchev–Trinajstić information content (AvgIpc) is 3.10. The van der Waals surface area contributed by atoms with E-state index in [1.807, 2.05) is 12.1 Å². The van der Waals surface area contributed by atoms with Crippen molar-refractivity contribution >= 4 is 11.6 Å². The van der Waals surface area contributed by atoms with Gasteiger partial charge in [0.2, 0.25) is 5.91 Å². The van der Waals surface area contributed by atoms with Crippen molar-refractivity contribution in [1.82, 2.24) is 0 Å². The summed E-state index contributed by atoms with van der Waals surface area (Å²) in [5, 5.41) is 3.02. The first-order valence-electron chi connectivity index (χ1n) is 7.24. The summed E-state index contributed by atoms with van der Waals surface area (Å²) in [6.07, 6.45) is 4.80. The molecule has 3 rings (SSSR count). The van der Waals surface area contributed by atoms with E-state index in [4.69, 9.17) is 9.47 Å². The maximum atomic E-state index is 12.4. The smallest absolute Gasteiger partial charge is 0.227 e. The van der Waals surface area contributed by atoms with Crippen LogP contribution in [0.4, 0.5) is 5.69 Å². The number of nitrogens with one attached hydrogen (secondary N) is 1. The van der Waals surface area contributed by atoms with Gasteiger partial charge in [-0.3, -0.25) is 4.79 Å². The Labute approximate surface area is 119 Å². The van der Waals surface area contributed by atoms with Crippen molar-refractivity contribution in [1.29, 1.82) is 0 Å². The van der Waals surface area contributed by atoms with Crippen molar-refractivity contribution in [2.24, 2.45) is 17.8 Å². The lowest BCUT2D eigenvalue weighted by Crippen LogP contribution is -2.27. The first-order chi connectivity index (χ1) is 9.71. The third-order valence-electron chi connectivity index (χ3n) is 4.74. The largest absolute Gasteiger partial charge is 0.497 e. The number of amides is 1. The Morgan fingerprint density at radius 2 is 2.05 bits per heavy atom. The average molecular weight is 275 g/mol. The molecule has 2 saturated carbocycles. The molecule has 2 aliphatic carbocycles. The van der Waals surface area contributed by atoms with Crippen LogP contribution in [0.2, 0.25) is 0 Å². The van der Waals surface area contributed by atoms with Gasteiger partial charge in [-0.15, -0.1) is 0 Å². The van der Waals surface area contributed by atoms with Gasteiger partial charge in [0.25, 0.3) is 0 Å². The van der Waals surface area contributed by atoms with Crippen molar-refractivity contribution in [2.45, 2.75) is 25.7 Å². The topological polar surface area (TPSA) is 47.6 Å². The summed E-state index contributed by atoms with van der Waals surface area (Å²) >= 11 is 0. The van der Waals surface area contributed by atoms with Gasteiger partial charge in [0.05, 0.1) is 19.9 Å². The van der Waals surface area contributed by atoms with Crippen LogP contribution in [0.15, 0.2) is 18.2 Å². The molecule has 1 aromatic rings. The molecule has 1 aromatic carbocycles. The lowest BCUT2D eigenvalue weighted by molar-refractivity contribution is -0.121. The van der Waals surface area contributed by atoms with Crippen LogP contribution in [0.5, 0.6) is 11.5 Å². The molecule has 20 heavy (non-hydrogen) atoms.